The standard InChI is InChI=1S/C18H17Cl2N3O3S/c1-11-3-2-6-22(9-11)27(25,26)16-7-13-15(8-14(16)20)23-10-12(19)4-5-17(23)21-18(13)24/h4-5,7-8,10-11H,2-3,6,9H2,1H3/t11-/m0/s1. The molecule has 4 rings (SSSR count). The van der Waals surface area contributed by atoms with E-state index in [0.717, 1.165) is 12.8 Å². The smallest absolute Gasteiger partial charge is 0.281 e. The molecule has 1 atom stereocenters. The van der Waals surface area contributed by atoms with E-state index in [1.807, 2.05) is 6.92 Å². The van der Waals surface area contributed by atoms with Crippen LogP contribution < -0.4 is 5.56 Å². The third kappa shape index (κ3) is 3.23. The van der Waals surface area contributed by atoms with Gasteiger partial charge in [-0.15, -0.1) is 0 Å². The fraction of sp³-hybridized carbons (Fsp3) is 0.333. The number of hydrogen-bond donors (Lipinski definition) is 0. The zero-order valence-corrected chi connectivity index (χ0v) is 16.9. The van der Waals surface area contributed by atoms with E-state index in [2.05, 4.69) is 4.98 Å². The van der Waals surface area contributed by atoms with Crippen LogP contribution >= 0.6 is 23.2 Å². The van der Waals surface area contributed by atoms with Gasteiger partial charge in [0.15, 0.2) is 0 Å². The van der Waals surface area contributed by atoms with Gasteiger partial charge in [0, 0.05) is 19.3 Å². The van der Waals surface area contributed by atoms with Crippen LogP contribution in [0.25, 0.3) is 16.6 Å². The molecule has 6 nitrogen and oxygen atoms in total. The number of pyridine rings is 1. The summed E-state index contributed by atoms with van der Waals surface area (Å²) in [7, 11) is -3.80. The van der Waals surface area contributed by atoms with Gasteiger partial charge in [-0.05, 0) is 43.0 Å². The lowest BCUT2D eigenvalue weighted by atomic mass is 10.0. The topological polar surface area (TPSA) is 71.8 Å². The number of sulfonamides is 1. The SMILES string of the molecule is C[C@H]1CCCN(S(=O)(=O)c2cc3c(=O)nc4ccc(Cl)cn4c3cc2Cl)C1. The van der Waals surface area contributed by atoms with Crippen molar-refractivity contribution in [2.75, 3.05) is 13.1 Å². The monoisotopic (exact) mass is 425 g/mol. The zero-order valence-electron chi connectivity index (χ0n) is 14.5. The fourth-order valence-electron chi connectivity index (χ4n) is 3.53. The lowest BCUT2D eigenvalue weighted by molar-refractivity contribution is 0.281. The average molecular weight is 426 g/mol. The van der Waals surface area contributed by atoms with Gasteiger partial charge < -0.3 is 0 Å². The maximum atomic E-state index is 13.1. The van der Waals surface area contributed by atoms with Crippen LogP contribution in [0.3, 0.4) is 0 Å². The third-order valence-electron chi connectivity index (χ3n) is 4.88. The highest BCUT2D eigenvalue weighted by molar-refractivity contribution is 7.89. The number of benzene rings is 1. The van der Waals surface area contributed by atoms with Gasteiger partial charge in [-0.1, -0.05) is 30.1 Å². The number of fused-ring (bicyclic) bond motifs is 3. The van der Waals surface area contributed by atoms with Crippen LogP contribution in [0.5, 0.6) is 0 Å². The Morgan fingerprint density at radius 1 is 1.22 bits per heavy atom. The van der Waals surface area contributed by atoms with Crippen LogP contribution in [0.15, 0.2) is 40.2 Å². The molecule has 1 fully saturated rings. The quantitative estimate of drug-likeness (QED) is 0.588. The largest absolute Gasteiger partial charge is 0.299 e. The predicted molar refractivity (Wildman–Crippen MR) is 106 cm³/mol. The zero-order chi connectivity index (χ0) is 19.3. The van der Waals surface area contributed by atoms with Gasteiger partial charge in [0.05, 0.1) is 20.9 Å². The van der Waals surface area contributed by atoms with Crippen LogP contribution in [0, 0.1) is 5.92 Å². The number of hydrogen-bond acceptors (Lipinski definition) is 4. The molecule has 0 aliphatic carbocycles. The first-order chi connectivity index (χ1) is 12.8. The minimum atomic E-state index is -3.80. The Morgan fingerprint density at radius 2 is 2.00 bits per heavy atom. The van der Waals surface area contributed by atoms with Crippen molar-refractivity contribution in [3.8, 4) is 0 Å². The summed E-state index contributed by atoms with van der Waals surface area (Å²) in [4.78, 5) is 16.4. The van der Waals surface area contributed by atoms with Gasteiger partial charge in [-0.3, -0.25) is 9.20 Å². The summed E-state index contributed by atoms with van der Waals surface area (Å²) in [5, 5.41) is 0.715. The van der Waals surface area contributed by atoms with Crippen molar-refractivity contribution in [3.63, 3.8) is 0 Å². The van der Waals surface area contributed by atoms with E-state index in [4.69, 9.17) is 23.2 Å². The summed E-state index contributed by atoms with van der Waals surface area (Å²) in [6, 6.07) is 6.07. The van der Waals surface area contributed by atoms with Crippen LogP contribution in [0.4, 0.5) is 0 Å². The van der Waals surface area contributed by atoms with E-state index in [-0.39, 0.29) is 21.2 Å². The summed E-state index contributed by atoms with van der Waals surface area (Å²) < 4.78 is 29.3. The molecule has 1 aliphatic rings. The number of nitrogens with zero attached hydrogens (tertiary/aromatic N) is 3. The van der Waals surface area contributed by atoms with Crippen molar-refractivity contribution >= 4 is 49.8 Å². The van der Waals surface area contributed by atoms with Gasteiger partial charge in [0.2, 0.25) is 10.0 Å². The van der Waals surface area contributed by atoms with E-state index < -0.39 is 15.6 Å². The van der Waals surface area contributed by atoms with E-state index >= 15 is 0 Å². The van der Waals surface area contributed by atoms with Gasteiger partial charge in [-0.25, -0.2) is 8.42 Å². The van der Waals surface area contributed by atoms with Gasteiger partial charge in [0.25, 0.3) is 5.56 Å². The van der Waals surface area contributed by atoms with Crippen molar-refractivity contribution in [2.24, 2.45) is 5.92 Å². The molecular weight excluding hydrogens is 409 g/mol. The summed E-state index contributed by atoms with van der Waals surface area (Å²) in [5.41, 5.74) is 0.365. The lowest BCUT2D eigenvalue weighted by Crippen LogP contribution is -2.39. The van der Waals surface area contributed by atoms with Crippen LogP contribution in [-0.4, -0.2) is 35.2 Å². The van der Waals surface area contributed by atoms with Crippen LogP contribution in [-0.2, 0) is 10.0 Å². The Labute approximate surface area is 166 Å². The Balaban J connectivity index is 1.95. The van der Waals surface area contributed by atoms with Crippen molar-refractivity contribution in [3.05, 3.63) is 50.9 Å². The molecule has 0 saturated carbocycles. The molecular formula is C18H17Cl2N3O3S. The first-order valence-corrected chi connectivity index (χ1v) is 10.8. The number of halogens is 2. The molecule has 0 N–H and O–H groups in total. The highest BCUT2D eigenvalue weighted by Crippen LogP contribution is 2.31. The Morgan fingerprint density at radius 3 is 2.74 bits per heavy atom. The maximum Gasteiger partial charge on any atom is 0.281 e. The summed E-state index contributed by atoms with van der Waals surface area (Å²) in [5.74, 6) is 0.283. The molecule has 2 aromatic heterocycles. The molecule has 9 heteroatoms. The second-order valence-electron chi connectivity index (χ2n) is 6.90. The third-order valence-corrected chi connectivity index (χ3v) is 7.44. The molecule has 1 saturated heterocycles. The maximum absolute atomic E-state index is 13.1. The van der Waals surface area contributed by atoms with Crippen molar-refractivity contribution < 1.29 is 8.42 Å². The molecule has 0 radical (unpaired) electrons. The van der Waals surface area contributed by atoms with E-state index in [1.165, 1.54) is 16.4 Å². The molecule has 0 spiro atoms. The molecule has 1 aliphatic heterocycles. The molecule has 27 heavy (non-hydrogen) atoms. The Kier molecular flexibility index (Phi) is 4.66. The van der Waals surface area contributed by atoms with Crippen molar-refractivity contribution in [1.82, 2.24) is 13.7 Å². The Hall–Kier alpha value is -1.67. The molecule has 0 amide bonds. The molecule has 0 unspecified atom stereocenters. The molecule has 0 bridgehead atoms. The number of piperidine rings is 1. The summed E-state index contributed by atoms with van der Waals surface area (Å²) >= 11 is 12.4. The van der Waals surface area contributed by atoms with Crippen LogP contribution in [0.2, 0.25) is 10.0 Å². The normalized spacial score (nSPS) is 19.0. The van der Waals surface area contributed by atoms with E-state index in [0.29, 0.717) is 29.3 Å². The highest BCUT2D eigenvalue weighted by Gasteiger charge is 2.31. The van der Waals surface area contributed by atoms with E-state index in [1.54, 1.807) is 22.7 Å². The minimum absolute atomic E-state index is 0.0633. The number of rotatable bonds is 2. The second kappa shape index (κ2) is 6.74. The molecule has 142 valence electrons. The fourth-order valence-corrected chi connectivity index (χ4v) is 5.81. The van der Waals surface area contributed by atoms with Crippen molar-refractivity contribution in [1.29, 1.82) is 0 Å². The highest BCUT2D eigenvalue weighted by atomic mass is 35.5. The van der Waals surface area contributed by atoms with Gasteiger partial charge in [-0.2, -0.15) is 9.29 Å². The second-order valence-corrected chi connectivity index (χ2v) is 9.65. The Bertz CT molecular complexity index is 1220. The van der Waals surface area contributed by atoms with Crippen molar-refractivity contribution in [2.45, 2.75) is 24.7 Å². The number of aromatic nitrogens is 2. The first-order valence-electron chi connectivity index (χ1n) is 8.59. The molecule has 1 aromatic carbocycles. The molecule has 3 heterocycles. The van der Waals surface area contributed by atoms with Gasteiger partial charge >= 0.3 is 0 Å². The lowest BCUT2D eigenvalue weighted by Gasteiger charge is -2.30. The minimum Gasteiger partial charge on any atom is -0.299 e. The molecule has 3 aromatic rings. The first kappa shape index (κ1) is 18.7. The predicted octanol–water partition coefficient (Wildman–Crippen LogP) is 3.58. The average Bonchev–Trinajstić information content (AvgIpc) is 2.62. The summed E-state index contributed by atoms with van der Waals surface area (Å²) in [6.45, 7) is 2.92. The van der Waals surface area contributed by atoms with E-state index in [9.17, 15) is 13.2 Å². The van der Waals surface area contributed by atoms with Gasteiger partial charge in [0.1, 0.15) is 10.5 Å². The summed E-state index contributed by atoms with van der Waals surface area (Å²) in [6.07, 6.45) is 3.41. The van der Waals surface area contributed by atoms with Crippen LogP contribution in [0.1, 0.15) is 19.8 Å².